The predicted molar refractivity (Wildman–Crippen MR) is 149 cm³/mol. The molecule has 5 rings (SSSR count). The molecule has 0 radical (unpaired) electrons. The van der Waals surface area contributed by atoms with Crippen LogP contribution in [0.15, 0.2) is 72.9 Å². The molecule has 3 heterocycles. The standard InChI is InChI=1S/C28H24Cl2N6O3/c29-21-14-22(30)20(13-19(21)23-10-4-5-11-32-23)27(38)33-25-15-24(34-36(25)18-8-2-1-3-9-18)28(39)35-12-6-7-17(16-35)26(31)37/h1-5,8-11,13-15,17H,6-7,12,16H2,(H2,31,37)(H,33,38)/t17-/m0/s1. The molecule has 3 amide bonds. The average molecular weight is 563 g/mol. The summed E-state index contributed by atoms with van der Waals surface area (Å²) < 4.78 is 1.48. The second kappa shape index (κ2) is 11.3. The molecule has 1 saturated heterocycles. The first kappa shape index (κ1) is 26.4. The zero-order valence-corrected chi connectivity index (χ0v) is 22.2. The monoisotopic (exact) mass is 562 g/mol. The van der Waals surface area contributed by atoms with Crippen LogP contribution in [0.3, 0.4) is 0 Å². The number of primary amides is 1. The van der Waals surface area contributed by atoms with Gasteiger partial charge in [0.15, 0.2) is 5.69 Å². The average Bonchev–Trinajstić information content (AvgIpc) is 3.37. The zero-order valence-electron chi connectivity index (χ0n) is 20.7. The van der Waals surface area contributed by atoms with E-state index in [4.69, 9.17) is 28.9 Å². The lowest BCUT2D eigenvalue weighted by Gasteiger charge is -2.30. The van der Waals surface area contributed by atoms with Gasteiger partial charge in [0.05, 0.1) is 32.9 Å². The fraction of sp³-hybridized carbons (Fsp3) is 0.179. The predicted octanol–water partition coefficient (Wildman–Crippen LogP) is 4.83. The SMILES string of the molecule is NC(=O)[C@H]1CCCN(C(=O)c2cc(NC(=O)c3cc(-c4ccccn4)c(Cl)cc3Cl)n(-c3ccccc3)n2)C1. The van der Waals surface area contributed by atoms with E-state index in [1.807, 2.05) is 24.3 Å². The number of benzene rings is 2. The van der Waals surface area contributed by atoms with Crippen LogP contribution in [-0.4, -0.2) is 50.5 Å². The molecule has 11 heteroatoms. The molecule has 2 aromatic heterocycles. The van der Waals surface area contributed by atoms with Crippen LogP contribution < -0.4 is 11.1 Å². The van der Waals surface area contributed by atoms with Crippen LogP contribution in [0, 0.1) is 5.92 Å². The Labute approximate surface area is 234 Å². The number of para-hydroxylation sites is 1. The highest BCUT2D eigenvalue weighted by molar-refractivity contribution is 6.38. The van der Waals surface area contributed by atoms with Gasteiger partial charge in [-0.3, -0.25) is 19.4 Å². The Morgan fingerprint density at radius 2 is 1.74 bits per heavy atom. The summed E-state index contributed by atoms with van der Waals surface area (Å²) in [6.07, 6.45) is 2.93. The normalized spacial score (nSPS) is 15.1. The molecule has 39 heavy (non-hydrogen) atoms. The molecule has 3 N–H and O–H groups in total. The van der Waals surface area contributed by atoms with E-state index >= 15 is 0 Å². The second-order valence-electron chi connectivity index (χ2n) is 9.14. The smallest absolute Gasteiger partial charge is 0.274 e. The van der Waals surface area contributed by atoms with E-state index in [1.165, 1.54) is 16.8 Å². The largest absolute Gasteiger partial charge is 0.369 e. The van der Waals surface area contributed by atoms with Crippen molar-refractivity contribution in [3.8, 4) is 16.9 Å². The van der Waals surface area contributed by atoms with Crippen molar-refractivity contribution in [3.05, 3.63) is 94.2 Å². The minimum absolute atomic E-state index is 0.121. The van der Waals surface area contributed by atoms with Crippen LogP contribution in [0.2, 0.25) is 10.0 Å². The number of halogens is 2. The van der Waals surface area contributed by atoms with Crippen LogP contribution in [0.1, 0.15) is 33.7 Å². The molecule has 1 aliphatic heterocycles. The third-order valence-corrected chi connectivity index (χ3v) is 7.15. The van der Waals surface area contributed by atoms with E-state index in [-0.39, 0.29) is 34.5 Å². The highest BCUT2D eigenvalue weighted by Crippen LogP contribution is 2.32. The van der Waals surface area contributed by atoms with Crippen molar-refractivity contribution < 1.29 is 14.4 Å². The van der Waals surface area contributed by atoms with Gasteiger partial charge in [-0.2, -0.15) is 5.10 Å². The summed E-state index contributed by atoms with van der Waals surface area (Å²) in [6, 6.07) is 19.1. The van der Waals surface area contributed by atoms with Crippen molar-refractivity contribution in [2.24, 2.45) is 11.7 Å². The van der Waals surface area contributed by atoms with Crippen LogP contribution in [0.4, 0.5) is 5.82 Å². The maximum absolute atomic E-state index is 13.5. The van der Waals surface area contributed by atoms with Gasteiger partial charge in [0.1, 0.15) is 5.82 Å². The van der Waals surface area contributed by atoms with Crippen LogP contribution in [0.25, 0.3) is 16.9 Å². The van der Waals surface area contributed by atoms with E-state index in [1.54, 1.807) is 41.4 Å². The number of likely N-dealkylation sites (tertiary alicyclic amines) is 1. The molecule has 0 bridgehead atoms. The molecule has 0 spiro atoms. The number of rotatable bonds is 6. The summed E-state index contributed by atoms with van der Waals surface area (Å²) in [5, 5.41) is 7.85. The molecule has 198 valence electrons. The molecule has 0 unspecified atom stereocenters. The number of amides is 3. The number of pyridine rings is 1. The summed E-state index contributed by atoms with van der Waals surface area (Å²) >= 11 is 12.8. The molecule has 1 atom stereocenters. The first-order chi connectivity index (χ1) is 18.8. The van der Waals surface area contributed by atoms with E-state index in [2.05, 4.69) is 15.4 Å². The molecular weight excluding hydrogens is 539 g/mol. The second-order valence-corrected chi connectivity index (χ2v) is 9.95. The lowest BCUT2D eigenvalue weighted by atomic mass is 9.97. The van der Waals surface area contributed by atoms with E-state index in [9.17, 15) is 14.4 Å². The van der Waals surface area contributed by atoms with Crippen molar-refractivity contribution in [1.29, 1.82) is 0 Å². The lowest BCUT2D eigenvalue weighted by molar-refractivity contribution is -0.123. The van der Waals surface area contributed by atoms with Gasteiger partial charge in [-0.05, 0) is 49.2 Å². The van der Waals surface area contributed by atoms with Crippen molar-refractivity contribution in [2.45, 2.75) is 12.8 Å². The Hall–Kier alpha value is -4.21. The zero-order chi connectivity index (χ0) is 27.5. The van der Waals surface area contributed by atoms with Gasteiger partial charge < -0.3 is 16.0 Å². The third kappa shape index (κ3) is 5.64. The van der Waals surface area contributed by atoms with E-state index < -0.39 is 17.7 Å². The fourth-order valence-electron chi connectivity index (χ4n) is 4.52. The minimum atomic E-state index is -0.517. The topological polar surface area (TPSA) is 123 Å². The highest BCUT2D eigenvalue weighted by Gasteiger charge is 2.30. The molecular formula is C28H24Cl2N6O3. The van der Waals surface area contributed by atoms with Crippen LogP contribution >= 0.6 is 23.2 Å². The number of anilines is 1. The van der Waals surface area contributed by atoms with Gasteiger partial charge >= 0.3 is 0 Å². The number of aromatic nitrogens is 3. The van der Waals surface area contributed by atoms with E-state index in [0.29, 0.717) is 41.4 Å². The number of hydrogen-bond donors (Lipinski definition) is 2. The summed E-state index contributed by atoms with van der Waals surface area (Å²) in [4.78, 5) is 44.4. The number of nitrogens with zero attached hydrogens (tertiary/aromatic N) is 4. The fourth-order valence-corrected chi connectivity index (χ4v) is 5.09. The maximum Gasteiger partial charge on any atom is 0.274 e. The Bertz CT molecular complexity index is 1540. The summed E-state index contributed by atoms with van der Waals surface area (Å²) in [5.41, 5.74) is 7.56. The first-order valence-corrected chi connectivity index (χ1v) is 13.0. The van der Waals surface area contributed by atoms with Crippen molar-refractivity contribution >= 4 is 46.7 Å². The molecule has 1 aliphatic rings. The number of nitrogens with two attached hydrogens (primary N) is 1. The van der Waals surface area contributed by atoms with Crippen molar-refractivity contribution in [3.63, 3.8) is 0 Å². The third-order valence-electron chi connectivity index (χ3n) is 6.52. The van der Waals surface area contributed by atoms with Crippen LogP contribution in [0.5, 0.6) is 0 Å². The van der Waals surface area contributed by atoms with Gasteiger partial charge in [0.25, 0.3) is 11.8 Å². The molecule has 4 aromatic rings. The van der Waals surface area contributed by atoms with E-state index in [0.717, 1.165) is 0 Å². The maximum atomic E-state index is 13.5. The van der Waals surface area contributed by atoms with Crippen molar-refractivity contribution in [1.82, 2.24) is 19.7 Å². The Morgan fingerprint density at radius 3 is 2.46 bits per heavy atom. The molecule has 9 nitrogen and oxygen atoms in total. The summed E-state index contributed by atoms with van der Waals surface area (Å²) in [7, 11) is 0. The molecule has 1 fully saturated rings. The van der Waals surface area contributed by atoms with Gasteiger partial charge in [0.2, 0.25) is 5.91 Å². The molecule has 0 aliphatic carbocycles. The van der Waals surface area contributed by atoms with Crippen LogP contribution in [-0.2, 0) is 4.79 Å². The van der Waals surface area contributed by atoms with Gasteiger partial charge in [-0.25, -0.2) is 4.68 Å². The summed E-state index contributed by atoms with van der Waals surface area (Å²) in [5.74, 6) is -1.44. The number of hydrogen-bond acceptors (Lipinski definition) is 5. The van der Waals surface area contributed by atoms with Gasteiger partial charge in [-0.1, -0.05) is 47.5 Å². The quantitative estimate of drug-likeness (QED) is 0.348. The Balaban J connectivity index is 1.48. The van der Waals surface area contributed by atoms with Crippen molar-refractivity contribution in [2.75, 3.05) is 18.4 Å². The van der Waals surface area contributed by atoms with Gasteiger partial charge in [0, 0.05) is 30.9 Å². The number of nitrogens with one attached hydrogen (secondary N) is 1. The highest BCUT2D eigenvalue weighted by atomic mass is 35.5. The van der Waals surface area contributed by atoms with Gasteiger partial charge in [-0.15, -0.1) is 0 Å². The number of carbonyl (C=O) groups is 3. The summed E-state index contributed by atoms with van der Waals surface area (Å²) in [6.45, 7) is 0.712. The first-order valence-electron chi connectivity index (χ1n) is 12.3. The Kier molecular flexibility index (Phi) is 7.63. The minimum Gasteiger partial charge on any atom is -0.369 e. The molecule has 2 aromatic carbocycles. The molecule has 0 saturated carbocycles. The lowest BCUT2D eigenvalue weighted by Crippen LogP contribution is -2.44. The number of piperidine rings is 1. The number of carbonyl (C=O) groups excluding carboxylic acids is 3. The Morgan fingerprint density at radius 1 is 0.974 bits per heavy atom.